The van der Waals surface area contributed by atoms with E-state index < -0.39 is 16.6 Å². The summed E-state index contributed by atoms with van der Waals surface area (Å²) in [4.78, 5) is 0. The molecule has 2 heterocycles. The topological polar surface area (TPSA) is 43.5 Å². The minimum atomic E-state index is -1.91. The second-order valence-electron chi connectivity index (χ2n) is 11.3. The van der Waals surface area contributed by atoms with E-state index in [1.807, 2.05) is 14.2 Å². The number of rotatable bonds is 10. The van der Waals surface area contributed by atoms with E-state index in [0.29, 0.717) is 24.4 Å². The van der Waals surface area contributed by atoms with Crippen molar-refractivity contribution >= 4 is 27.0 Å². The van der Waals surface area contributed by atoms with Gasteiger partial charge in [-0.15, -0.1) is 0 Å². The summed E-state index contributed by atoms with van der Waals surface area (Å²) in [5.41, 5.74) is 0. The molecule has 2 saturated heterocycles. The molecule has 6 heteroatoms. The number of hydrogen-bond acceptors (Lipinski definition) is 4. The molecule has 2 saturated carbocycles. The lowest BCUT2D eigenvalue weighted by Gasteiger charge is -2.31. The fourth-order valence-corrected chi connectivity index (χ4v) is 11.5. The molecular weight excluding hydrogens is 432 g/mol. The van der Waals surface area contributed by atoms with Crippen molar-refractivity contribution in [3.8, 4) is 0 Å². The van der Waals surface area contributed by atoms with E-state index in [0.717, 1.165) is 11.8 Å². The maximum atomic E-state index is 6.22. The van der Waals surface area contributed by atoms with E-state index in [1.165, 1.54) is 73.8 Å². The molecule has 0 aromatic heterocycles. The van der Waals surface area contributed by atoms with E-state index in [2.05, 4.69) is 37.4 Å². The highest BCUT2D eigenvalue weighted by Crippen LogP contribution is 2.42. The molecule has 0 bridgehead atoms. The molecule has 2 aliphatic heterocycles. The molecule has 2 aliphatic carbocycles. The van der Waals surface area contributed by atoms with Crippen molar-refractivity contribution in [2.24, 2.45) is 11.8 Å². The van der Waals surface area contributed by atoms with Gasteiger partial charge in [-0.1, -0.05) is 37.1 Å². The van der Waals surface area contributed by atoms with Gasteiger partial charge in [0.1, 0.15) is 0 Å². The van der Waals surface area contributed by atoms with Crippen molar-refractivity contribution in [3.63, 3.8) is 0 Å². The Hall–Kier alpha value is -0.506. The van der Waals surface area contributed by atoms with E-state index in [1.54, 1.807) is 0 Å². The fourth-order valence-electron chi connectivity index (χ4n) is 6.36. The minimum Gasteiger partial charge on any atom is -0.416 e. The van der Waals surface area contributed by atoms with E-state index in [9.17, 15) is 0 Å². The van der Waals surface area contributed by atoms with Gasteiger partial charge in [-0.05, 0) is 85.9 Å². The van der Waals surface area contributed by atoms with Crippen LogP contribution in [-0.4, -0.2) is 55.3 Å². The van der Waals surface area contributed by atoms with Crippen LogP contribution in [0.3, 0.4) is 0 Å². The summed E-state index contributed by atoms with van der Waals surface area (Å²) >= 11 is 0. The lowest BCUT2D eigenvalue weighted by molar-refractivity contribution is 0.350. The first kappa shape index (κ1) is 23.2. The van der Waals surface area contributed by atoms with Gasteiger partial charge in [-0.2, -0.15) is 0 Å². The van der Waals surface area contributed by atoms with E-state index >= 15 is 0 Å². The number of ether oxygens (including phenoxy) is 2. The molecule has 8 atom stereocenters. The zero-order chi connectivity index (χ0) is 22.3. The van der Waals surface area contributed by atoms with E-state index in [4.69, 9.17) is 18.3 Å². The van der Waals surface area contributed by atoms with Gasteiger partial charge in [0.05, 0.1) is 24.4 Å². The quantitative estimate of drug-likeness (QED) is 0.371. The van der Waals surface area contributed by atoms with Crippen LogP contribution in [0.15, 0.2) is 24.3 Å². The Kier molecular flexibility index (Phi) is 6.73. The van der Waals surface area contributed by atoms with Crippen LogP contribution >= 0.6 is 0 Å². The molecule has 178 valence electrons. The normalized spacial score (nSPS) is 37.0. The Morgan fingerprint density at radius 3 is 1.44 bits per heavy atom. The first-order valence-electron chi connectivity index (χ1n) is 12.9. The molecule has 8 unspecified atom stereocenters. The van der Waals surface area contributed by atoms with Crippen LogP contribution in [0, 0.1) is 11.8 Å². The Morgan fingerprint density at radius 2 is 1.09 bits per heavy atom. The standard InChI is InChI=1S/C26H42O4Si2/c1-27-31(3,15-13-19-5-11-23-25(17-19)29-23)21-7-9-22(10-8-21)32(4,28-2)16-14-20-6-12-24-26(18-20)30-24/h7-10,19-20,23-26H,5-6,11-18H2,1-4H3. The molecule has 5 rings (SSSR count). The first-order chi connectivity index (χ1) is 15.4. The third kappa shape index (κ3) is 4.96. The molecule has 4 aliphatic rings. The van der Waals surface area contributed by atoms with Crippen LogP contribution in [0.5, 0.6) is 0 Å². The molecule has 32 heavy (non-hydrogen) atoms. The average molecular weight is 475 g/mol. The van der Waals surface area contributed by atoms with Crippen molar-refractivity contribution in [1.82, 2.24) is 0 Å². The molecule has 0 N–H and O–H groups in total. The minimum absolute atomic E-state index is 0.576. The average Bonchev–Trinajstić information content (AvgIpc) is 3.75. The molecule has 1 aromatic rings. The highest BCUT2D eigenvalue weighted by molar-refractivity contribution is 6.87. The highest BCUT2D eigenvalue weighted by Gasteiger charge is 2.45. The molecule has 0 radical (unpaired) electrons. The monoisotopic (exact) mass is 474 g/mol. The summed E-state index contributed by atoms with van der Waals surface area (Å²) < 4.78 is 23.9. The smallest absolute Gasteiger partial charge is 0.220 e. The summed E-state index contributed by atoms with van der Waals surface area (Å²) in [6.45, 7) is 4.79. The van der Waals surface area contributed by atoms with E-state index in [-0.39, 0.29) is 0 Å². The molecule has 0 amide bonds. The van der Waals surface area contributed by atoms with Gasteiger partial charge >= 0.3 is 0 Å². The zero-order valence-corrected chi connectivity index (χ0v) is 22.5. The van der Waals surface area contributed by atoms with Crippen LogP contribution in [0.2, 0.25) is 25.2 Å². The summed E-state index contributed by atoms with van der Waals surface area (Å²) in [5.74, 6) is 1.64. The van der Waals surface area contributed by atoms with Crippen molar-refractivity contribution in [2.75, 3.05) is 14.2 Å². The summed E-state index contributed by atoms with van der Waals surface area (Å²) in [7, 11) is 0.0229. The predicted octanol–water partition coefficient (Wildman–Crippen LogP) is 4.46. The summed E-state index contributed by atoms with van der Waals surface area (Å²) in [5, 5.41) is 2.86. The van der Waals surface area contributed by atoms with Crippen molar-refractivity contribution in [2.45, 2.75) is 101 Å². The maximum absolute atomic E-state index is 6.22. The second kappa shape index (κ2) is 9.27. The van der Waals surface area contributed by atoms with Gasteiger partial charge in [0.15, 0.2) is 0 Å². The van der Waals surface area contributed by atoms with Gasteiger partial charge in [0.25, 0.3) is 0 Å². The first-order valence-corrected chi connectivity index (χ1v) is 18.2. The third-order valence-corrected chi connectivity index (χ3v) is 16.7. The molecule has 4 nitrogen and oxygen atoms in total. The van der Waals surface area contributed by atoms with Gasteiger partial charge in [-0.3, -0.25) is 0 Å². The van der Waals surface area contributed by atoms with Crippen molar-refractivity contribution in [1.29, 1.82) is 0 Å². The molecule has 0 spiro atoms. The number of fused-ring (bicyclic) bond motifs is 2. The zero-order valence-electron chi connectivity index (χ0n) is 20.5. The van der Waals surface area contributed by atoms with Crippen LogP contribution in [0.4, 0.5) is 0 Å². The van der Waals surface area contributed by atoms with Crippen molar-refractivity contribution in [3.05, 3.63) is 24.3 Å². The summed E-state index contributed by atoms with van der Waals surface area (Å²) in [6.07, 6.45) is 12.6. The van der Waals surface area contributed by atoms with Gasteiger partial charge in [-0.25, -0.2) is 0 Å². The van der Waals surface area contributed by atoms with Gasteiger partial charge in [0.2, 0.25) is 16.6 Å². The number of hydrogen-bond donors (Lipinski definition) is 0. The second-order valence-corrected chi connectivity index (χ2v) is 19.2. The van der Waals surface area contributed by atoms with Gasteiger partial charge in [0, 0.05) is 14.2 Å². The Morgan fingerprint density at radius 1 is 0.688 bits per heavy atom. The lowest BCUT2D eigenvalue weighted by Crippen LogP contribution is -2.50. The SMILES string of the molecule is CO[Si](C)(CCC1CCC2OC2C1)c1ccc([Si](C)(CCC2CCC3OC3C2)OC)cc1. The molecule has 1 aromatic carbocycles. The highest BCUT2D eigenvalue weighted by atomic mass is 28.4. The van der Waals surface area contributed by atoms with Gasteiger partial charge < -0.3 is 18.3 Å². The molecular formula is C26H42O4Si2. The van der Waals surface area contributed by atoms with Crippen LogP contribution in [-0.2, 0) is 18.3 Å². The number of benzene rings is 1. The predicted molar refractivity (Wildman–Crippen MR) is 134 cm³/mol. The Labute approximate surface area is 196 Å². The van der Waals surface area contributed by atoms with Crippen molar-refractivity contribution < 1.29 is 18.3 Å². The van der Waals surface area contributed by atoms with Crippen LogP contribution < -0.4 is 10.4 Å². The fraction of sp³-hybridized carbons (Fsp3) is 0.769. The maximum Gasteiger partial charge on any atom is 0.220 e. The molecule has 4 fully saturated rings. The van der Waals surface area contributed by atoms with Crippen LogP contribution in [0.1, 0.15) is 51.4 Å². The lowest BCUT2D eigenvalue weighted by atomic mass is 9.87. The number of epoxide rings is 2. The summed E-state index contributed by atoms with van der Waals surface area (Å²) in [6, 6.07) is 11.9. The third-order valence-electron chi connectivity index (χ3n) is 9.29. The largest absolute Gasteiger partial charge is 0.416 e. The Balaban J connectivity index is 1.19. The van der Waals surface area contributed by atoms with Crippen LogP contribution in [0.25, 0.3) is 0 Å². The Bertz CT molecular complexity index is 724.